The summed E-state index contributed by atoms with van der Waals surface area (Å²) in [5.41, 5.74) is 2.28. The second-order valence-corrected chi connectivity index (χ2v) is 5.92. The van der Waals surface area contributed by atoms with Crippen LogP contribution in [0.4, 0.5) is 0 Å². The second kappa shape index (κ2) is 7.48. The number of ether oxygens (including phenoxy) is 1. The number of benzene rings is 2. The van der Waals surface area contributed by atoms with Crippen molar-refractivity contribution < 1.29 is 4.74 Å². The van der Waals surface area contributed by atoms with Gasteiger partial charge in [0.1, 0.15) is 11.9 Å². The molecule has 3 heteroatoms. The standard InChI is InChI=1S/C18H22ClNO/c1-13(2)20-12-18(15-7-5-4-6-8-15)21-17-11-14(3)9-10-16(17)19/h4-11,13,18,20H,12H2,1-3H3. The smallest absolute Gasteiger partial charge is 0.139 e. The SMILES string of the molecule is Cc1ccc(Cl)c(OC(CNC(C)C)c2ccccc2)c1. The van der Waals surface area contributed by atoms with Crippen molar-refractivity contribution in [2.75, 3.05) is 6.54 Å². The van der Waals surface area contributed by atoms with Gasteiger partial charge >= 0.3 is 0 Å². The van der Waals surface area contributed by atoms with Crippen LogP contribution >= 0.6 is 11.6 Å². The van der Waals surface area contributed by atoms with Gasteiger partial charge in [0, 0.05) is 12.6 Å². The predicted molar refractivity (Wildman–Crippen MR) is 89.1 cm³/mol. The number of rotatable bonds is 6. The minimum atomic E-state index is -0.0621. The van der Waals surface area contributed by atoms with Crippen molar-refractivity contribution in [3.05, 3.63) is 64.7 Å². The van der Waals surface area contributed by atoms with Crippen molar-refractivity contribution in [3.8, 4) is 5.75 Å². The van der Waals surface area contributed by atoms with Gasteiger partial charge in [0.25, 0.3) is 0 Å². The van der Waals surface area contributed by atoms with Crippen LogP contribution in [0.5, 0.6) is 5.75 Å². The van der Waals surface area contributed by atoms with E-state index >= 15 is 0 Å². The molecule has 2 rings (SSSR count). The van der Waals surface area contributed by atoms with Crippen molar-refractivity contribution >= 4 is 11.6 Å². The van der Waals surface area contributed by atoms with Gasteiger partial charge in [0.05, 0.1) is 5.02 Å². The van der Waals surface area contributed by atoms with Gasteiger partial charge in [-0.25, -0.2) is 0 Å². The van der Waals surface area contributed by atoms with Crippen LogP contribution in [0.3, 0.4) is 0 Å². The van der Waals surface area contributed by atoms with Crippen molar-refractivity contribution in [1.82, 2.24) is 5.32 Å². The Labute approximate surface area is 132 Å². The fourth-order valence-corrected chi connectivity index (χ4v) is 2.25. The number of halogens is 1. The highest BCUT2D eigenvalue weighted by Gasteiger charge is 2.15. The third-order valence-corrected chi connectivity index (χ3v) is 3.55. The van der Waals surface area contributed by atoms with Gasteiger partial charge in [-0.05, 0) is 30.2 Å². The van der Waals surface area contributed by atoms with Crippen LogP contribution < -0.4 is 10.1 Å². The molecule has 0 spiro atoms. The molecule has 2 aromatic carbocycles. The summed E-state index contributed by atoms with van der Waals surface area (Å²) in [4.78, 5) is 0. The monoisotopic (exact) mass is 303 g/mol. The maximum Gasteiger partial charge on any atom is 0.139 e. The van der Waals surface area contributed by atoms with E-state index in [1.54, 1.807) is 0 Å². The van der Waals surface area contributed by atoms with Crippen LogP contribution in [-0.4, -0.2) is 12.6 Å². The second-order valence-electron chi connectivity index (χ2n) is 5.51. The molecule has 0 aliphatic heterocycles. The molecule has 0 amide bonds. The zero-order valence-corrected chi connectivity index (χ0v) is 13.5. The highest BCUT2D eigenvalue weighted by Crippen LogP contribution is 2.30. The Bertz CT molecular complexity index is 569. The Morgan fingerprint density at radius 3 is 2.48 bits per heavy atom. The molecule has 0 bridgehead atoms. The van der Waals surface area contributed by atoms with E-state index in [4.69, 9.17) is 16.3 Å². The summed E-state index contributed by atoms with van der Waals surface area (Å²) in [5.74, 6) is 0.732. The van der Waals surface area contributed by atoms with Gasteiger partial charge in [-0.15, -0.1) is 0 Å². The molecule has 0 heterocycles. The van der Waals surface area contributed by atoms with Gasteiger partial charge in [-0.1, -0.05) is 61.8 Å². The van der Waals surface area contributed by atoms with Gasteiger partial charge in [-0.2, -0.15) is 0 Å². The molecule has 21 heavy (non-hydrogen) atoms. The fourth-order valence-electron chi connectivity index (χ4n) is 2.09. The van der Waals surface area contributed by atoms with Crippen LogP contribution in [-0.2, 0) is 0 Å². The summed E-state index contributed by atoms with van der Waals surface area (Å²) in [6, 6.07) is 16.5. The molecule has 1 N–H and O–H groups in total. The first-order valence-corrected chi connectivity index (χ1v) is 7.65. The Balaban J connectivity index is 2.21. The molecular weight excluding hydrogens is 282 g/mol. The zero-order chi connectivity index (χ0) is 15.2. The highest BCUT2D eigenvalue weighted by molar-refractivity contribution is 6.32. The van der Waals surface area contributed by atoms with E-state index < -0.39 is 0 Å². The van der Waals surface area contributed by atoms with Gasteiger partial charge in [-0.3, -0.25) is 0 Å². The van der Waals surface area contributed by atoms with E-state index in [1.165, 1.54) is 0 Å². The normalized spacial score (nSPS) is 12.4. The van der Waals surface area contributed by atoms with E-state index in [0.29, 0.717) is 11.1 Å². The first-order chi connectivity index (χ1) is 10.1. The maximum atomic E-state index is 6.25. The van der Waals surface area contributed by atoms with Crippen molar-refractivity contribution in [2.45, 2.75) is 32.9 Å². The summed E-state index contributed by atoms with van der Waals surface area (Å²) >= 11 is 6.25. The lowest BCUT2D eigenvalue weighted by Gasteiger charge is -2.22. The Morgan fingerprint density at radius 2 is 1.81 bits per heavy atom. The van der Waals surface area contributed by atoms with Crippen LogP contribution in [0, 0.1) is 6.92 Å². The van der Waals surface area contributed by atoms with Gasteiger partial charge in [0.15, 0.2) is 0 Å². The molecular formula is C18H22ClNO. The van der Waals surface area contributed by atoms with E-state index in [2.05, 4.69) is 31.3 Å². The Kier molecular flexibility index (Phi) is 5.66. The summed E-state index contributed by atoms with van der Waals surface area (Å²) in [7, 11) is 0. The number of hydrogen-bond acceptors (Lipinski definition) is 2. The first-order valence-electron chi connectivity index (χ1n) is 7.27. The van der Waals surface area contributed by atoms with Crippen molar-refractivity contribution in [1.29, 1.82) is 0 Å². The fraction of sp³-hybridized carbons (Fsp3) is 0.333. The lowest BCUT2D eigenvalue weighted by Crippen LogP contribution is -2.30. The van der Waals surface area contributed by atoms with Gasteiger partial charge < -0.3 is 10.1 Å². The lowest BCUT2D eigenvalue weighted by atomic mass is 10.1. The molecule has 0 saturated heterocycles. The molecule has 0 saturated carbocycles. The summed E-state index contributed by atoms with van der Waals surface area (Å²) in [5, 5.41) is 4.07. The molecule has 0 radical (unpaired) electrons. The quantitative estimate of drug-likeness (QED) is 0.830. The first kappa shape index (κ1) is 15.9. The van der Waals surface area contributed by atoms with Crippen LogP contribution in [0.15, 0.2) is 48.5 Å². The topological polar surface area (TPSA) is 21.3 Å². The minimum absolute atomic E-state index is 0.0621. The summed E-state index contributed by atoms with van der Waals surface area (Å²) in [6.07, 6.45) is -0.0621. The van der Waals surface area contributed by atoms with Crippen LogP contribution in [0.1, 0.15) is 31.1 Å². The highest BCUT2D eigenvalue weighted by atomic mass is 35.5. The average Bonchev–Trinajstić information content (AvgIpc) is 2.47. The zero-order valence-electron chi connectivity index (χ0n) is 12.8. The molecule has 2 nitrogen and oxygen atoms in total. The molecule has 2 aromatic rings. The maximum absolute atomic E-state index is 6.25. The number of nitrogens with one attached hydrogen (secondary N) is 1. The minimum Gasteiger partial charge on any atom is -0.483 e. The number of aryl methyl sites for hydroxylation is 1. The average molecular weight is 304 g/mol. The number of hydrogen-bond donors (Lipinski definition) is 1. The Morgan fingerprint density at radius 1 is 1.10 bits per heavy atom. The third kappa shape index (κ3) is 4.76. The van der Waals surface area contributed by atoms with Gasteiger partial charge in [0.2, 0.25) is 0 Å². The molecule has 0 aliphatic rings. The summed E-state index contributed by atoms with van der Waals surface area (Å²) < 4.78 is 6.17. The van der Waals surface area contributed by atoms with Crippen molar-refractivity contribution in [2.24, 2.45) is 0 Å². The molecule has 0 aliphatic carbocycles. The Hall–Kier alpha value is -1.51. The molecule has 1 unspecified atom stereocenters. The summed E-state index contributed by atoms with van der Waals surface area (Å²) in [6.45, 7) is 7.03. The van der Waals surface area contributed by atoms with Crippen LogP contribution in [0.25, 0.3) is 0 Å². The van der Waals surface area contributed by atoms with E-state index in [0.717, 1.165) is 23.4 Å². The lowest BCUT2D eigenvalue weighted by molar-refractivity contribution is 0.198. The molecule has 0 aromatic heterocycles. The van der Waals surface area contributed by atoms with E-state index in [9.17, 15) is 0 Å². The van der Waals surface area contributed by atoms with Crippen LogP contribution in [0.2, 0.25) is 5.02 Å². The molecule has 1 atom stereocenters. The predicted octanol–water partition coefficient (Wildman–Crippen LogP) is 4.77. The molecule has 112 valence electrons. The third-order valence-electron chi connectivity index (χ3n) is 3.24. The van der Waals surface area contributed by atoms with Crippen molar-refractivity contribution in [3.63, 3.8) is 0 Å². The largest absolute Gasteiger partial charge is 0.483 e. The van der Waals surface area contributed by atoms with E-state index in [1.807, 2.05) is 43.3 Å². The molecule has 0 fully saturated rings. The van der Waals surface area contributed by atoms with E-state index in [-0.39, 0.29) is 6.10 Å².